The van der Waals surface area contributed by atoms with Gasteiger partial charge in [0.2, 0.25) is 0 Å². The van der Waals surface area contributed by atoms with Crippen LogP contribution < -0.4 is 5.46 Å². The predicted molar refractivity (Wildman–Crippen MR) is 138 cm³/mol. The molecule has 1 aliphatic rings. The highest BCUT2D eigenvalue weighted by atomic mass is 32.1. The van der Waals surface area contributed by atoms with Crippen LogP contribution in [0.2, 0.25) is 0 Å². The summed E-state index contributed by atoms with van der Waals surface area (Å²) in [5, 5.41) is 5.17. The second-order valence-electron chi connectivity index (χ2n) is 9.65. The van der Waals surface area contributed by atoms with E-state index in [4.69, 9.17) is 9.31 Å². The lowest BCUT2D eigenvalue weighted by Crippen LogP contribution is -2.41. The number of thiophene rings is 1. The Morgan fingerprint density at radius 2 is 1.31 bits per heavy atom. The van der Waals surface area contributed by atoms with E-state index >= 15 is 0 Å². The van der Waals surface area contributed by atoms with Gasteiger partial charge in [-0.2, -0.15) is 0 Å². The Morgan fingerprint density at radius 3 is 2.03 bits per heavy atom. The molecule has 4 heteroatoms. The zero-order chi connectivity index (χ0) is 22.1. The molecule has 2 nitrogen and oxygen atoms in total. The highest BCUT2D eigenvalue weighted by Gasteiger charge is 2.51. The molecule has 0 N–H and O–H groups in total. The quantitative estimate of drug-likeness (QED) is 0.273. The van der Waals surface area contributed by atoms with Crippen LogP contribution >= 0.6 is 11.3 Å². The molecule has 4 aromatic carbocycles. The Kier molecular flexibility index (Phi) is 4.32. The van der Waals surface area contributed by atoms with Gasteiger partial charge in [0, 0.05) is 20.2 Å². The summed E-state index contributed by atoms with van der Waals surface area (Å²) in [4.78, 5) is 0. The molecule has 0 spiro atoms. The van der Waals surface area contributed by atoms with Crippen molar-refractivity contribution in [3.8, 4) is 11.1 Å². The summed E-state index contributed by atoms with van der Waals surface area (Å²) in [6.45, 7) is 8.41. The topological polar surface area (TPSA) is 18.5 Å². The molecule has 158 valence electrons. The minimum atomic E-state index is -0.353. The summed E-state index contributed by atoms with van der Waals surface area (Å²) < 4.78 is 15.3. The zero-order valence-electron chi connectivity index (χ0n) is 18.8. The average Bonchev–Trinajstić information content (AvgIpc) is 3.26. The van der Waals surface area contributed by atoms with Gasteiger partial charge >= 0.3 is 7.12 Å². The van der Waals surface area contributed by atoms with E-state index < -0.39 is 0 Å². The minimum Gasteiger partial charge on any atom is -0.399 e. The summed E-state index contributed by atoms with van der Waals surface area (Å²) in [5.74, 6) is 0. The molecule has 2 heterocycles. The fraction of sp³-hybridized carbons (Fsp3) is 0.214. The number of fused-ring (bicyclic) bond motifs is 5. The van der Waals surface area contributed by atoms with E-state index in [1.807, 2.05) is 11.3 Å². The standard InChI is InChI=1S/C28H25BO2S/c1-27(2)28(3,4)31-29(30-27)19-14-15-24-23(16-19)26-21-13-9-8-12-20(21)22(17-25(26)32-24)18-10-6-5-7-11-18/h5-17H,1-4H3. The lowest BCUT2D eigenvalue weighted by Gasteiger charge is -2.32. The van der Waals surface area contributed by atoms with Gasteiger partial charge in [0.15, 0.2) is 0 Å². The third kappa shape index (κ3) is 2.94. The summed E-state index contributed by atoms with van der Waals surface area (Å²) in [6.07, 6.45) is 0. The smallest absolute Gasteiger partial charge is 0.399 e. The molecule has 1 aromatic heterocycles. The Bertz CT molecular complexity index is 1470. The Hall–Kier alpha value is -2.66. The molecule has 0 radical (unpaired) electrons. The monoisotopic (exact) mass is 436 g/mol. The molecule has 0 atom stereocenters. The van der Waals surface area contributed by atoms with Crippen LogP contribution in [0.1, 0.15) is 27.7 Å². The van der Waals surface area contributed by atoms with Gasteiger partial charge < -0.3 is 9.31 Å². The maximum absolute atomic E-state index is 6.33. The van der Waals surface area contributed by atoms with Gasteiger partial charge in [-0.3, -0.25) is 0 Å². The molecule has 0 amide bonds. The van der Waals surface area contributed by atoms with E-state index in [1.54, 1.807) is 0 Å². The molecule has 6 rings (SSSR count). The first-order valence-corrected chi connectivity index (χ1v) is 11.9. The van der Waals surface area contributed by atoms with Crippen molar-refractivity contribution >= 4 is 54.9 Å². The molecule has 1 saturated heterocycles. The Balaban J connectivity index is 1.59. The van der Waals surface area contributed by atoms with E-state index in [2.05, 4.69) is 107 Å². The summed E-state index contributed by atoms with van der Waals surface area (Å²) in [5.41, 5.74) is 2.92. The fourth-order valence-electron chi connectivity index (χ4n) is 4.64. The Morgan fingerprint density at radius 1 is 0.656 bits per heavy atom. The third-order valence-corrected chi connectivity index (χ3v) is 8.23. The first kappa shape index (κ1) is 20.0. The highest BCUT2D eigenvalue weighted by Crippen LogP contribution is 2.43. The number of hydrogen-bond donors (Lipinski definition) is 0. The van der Waals surface area contributed by atoms with Gasteiger partial charge in [0.25, 0.3) is 0 Å². The first-order valence-electron chi connectivity index (χ1n) is 11.1. The molecule has 32 heavy (non-hydrogen) atoms. The van der Waals surface area contributed by atoms with Crippen LogP contribution in [-0.4, -0.2) is 18.3 Å². The molecular weight excluding hydrogens is 411 g/mol. The largest absolute Gasteiger partial charge is 0.494 e. The normalized spacial score (nSPS) is 17.6. The van der Waals surface area contributed by atoms with Crippen molar-refractivity contribution < 1.29 is 9.31 Å². The van der Waals surface area contributed by atoms with Crippen LogP contribution in [0.3, 0.4) is 0 Å². The van der Waals surface area contributed by atoms with Gasteiger partial charge in [-0.05, 0) is 67.2 Å². The van der Waals surface area contributed by atoms with E-state index in [0.717, 1.165) is 5.46 Å². The van der Waals surface area contributed by atoms with Crippen molar-refractivity contribution in [3.05, 3.63) is 78.9 Å². The molecular formula is C28H25BO2S. The SMILES string of the molecule is CC1(C)OB(c2ccc3sc4cc(-c5ccccc5)c5ccccc5c4c3c2)OC1(C)C. The summed E-state index contributed by atoms with van der Waals surface area (Å²) in [6, 6.07) is 28.4. The van der Waals surface area contributed by atoms with Crippen LogP contribution in [0.5, 0.6) is 0 Å². The van der Waals surface area contributed by atoms with Crippen molar-refractivity contribution in [2.75, 3.05) is 0 Å². The Labute approximate surface area is 192 Å². The highest BCUT2D eigenvalue weighted by molar-refractivity contribution is 7.26. The van der Waals surface area contributed by atoms with Crippen LogP contribution in [0, 0.1) is 0 Å². The van der Waals surface area contributed by atoms with E-state index in [9.17, 15) is 0 Å². The van der Waals surface area contributed by atoms with E-state index in [-0.39, 0.29) is 18.3 Å². The van der Waals surface area contributed by atoms with Crippen molar-refractivity contribution in [2.45, 2.75) is 38.9 Å². The molecule has 1 fully saturated rings. The van der Waals surface area contributed by atoms with Crippen LogP contribution in [0.25, 0.3) is 42.1 Å². The van der Waals surface area contributed by atoms with Gasteiger partial charge in [0.05, 0.1) is 11.2 Å². The molecule has 0 saturated carbocycles. The van der Waals surface area contributed by atoms with E-state index in [0.29, 0.717) is 0 Å². The second-order valence-corrected chi connectivity index (χ2v) is 10.7. The summed E-state index contributed by atoms with van der Waals surface area (Å²) in [7, 11) is -0.353. The van der Waals surface area contributed by atoms with Crippen molar-refractivity contribution in [2.24, 2.45) is 0 Å². The molecule has 0 aliphatic carbocycles. The molecule has 1 aliphatic heterocycles. The van der Waals surface area contributed by atoms with Gasteiger partial charge in [-0.15, -0.1) is 11.3 Å². The maximum atomic E-state index is 6.33. The van der Waals surface area contributed by atoms with Gasteiger partial charge in [0.1, 0.15) is 0 Å². The average molecular weight is 436 g/mol. The van der Waals surface area contributed by atoms with Crippen LogP contribution in [0.4, 0.5) is 0 Å². The molecule has 5 aromatic rings. The van der Waals surface area contributed by atoms with Gasteiger partial charge in [-0.25, -0.2) is 0 Å². The first-order chi connectivity index (χ1) is 15.3. The van der Waals surface area contributed by atoms with Crippen LogP contribution in [0.15, 0.2) is 78.9 Å². The molecule has 0 bridgehead atoms. The lowest BCUT2D eigenvalue weighted by atomic mass is 9.78. The van der Waals surface area contributed by atoms with Gasteiger partial charge in [-0.1, -0.05) is 66.7 Å². The maximum Gasteiger partial charge on any atom is 0.494 e. The number of benzene rings is 4. The third-order valence-electron chi connectivity index (χ3n) is 7.11. The summed E-state index contributed by atoms with van der Waals surface area (Å²) >= 11 is 1.85. The zero-order valence-corrected chi connectivity index (χ0v) is 19.6. The molecule has 0 unspecified atom stereocenters. The number of hydrogen-bond acceptors (Lipinski definition) is 3. The van der Waals surface area contributed by atoms with Crippen molar-refractivity contribution in [1.82, 2.24) is 0 Å². The van der Waals surface area contributed by atoms with Crippen LogP contribution in [-0.2, 0) is 9.31 Å². The van der Waals surface area contributed by atoms with E-state index in [1.165, 1.54) is 42.1 Å². The second kappa shape index (κ2) is 6.92. The van der Waals surface area contributed by atoms with Crippen molar-refractivity contribution in [1.29, 1.82) is 0 Å². The number of rotatable bonds is 2. The lowest BCUT2D eigenvalue weighted by molar-refractivity contribution is 0.00578. The van der Waals surface area contributed by atoms with Crippen molar-refractivity contribution in [3.63, 3.8) is 0 Å². The fourth-order valence-corrected chi connectivity index (χ4v) is 5.78. The minimum absolute atomic E-state index is 0.347. The predicted octanol–water partition coefficient (Wildman–Crippen LogP) is 7.17.